The Hall–Kier alpha value is -6.44. The second-order valence-electron chi connectivity index (χ2n) is 12.8. The van der Waals surface area contributed by atoms with Crippen molar-refractivity contribution in [1.82, 2.24) is 0 Å². The zero-order valence-electron chi connectivity index (χ0n) is 30.3. The Morgan fingerprint density at radius 1 is 0.304 bits per heavy atom. The van der Waals surface area contributed by atoms with Crippen molar-refractivity contribution in [2.45, 2.75) is 0 Å². The smallest absolute Gasteiger partial charge is 0.343 e. The molecule has 0 unspecified atom stereocenters. The molecule has 0 atom stereocenters. The summed E-state index contributed by atoms with van der Waals surface area (Å²) in [5, 5.41) is 6.39. The van der Waals surface area contributed by atoms with Crippen LogP contribution in [-0.2, 0) is 0 Å². The average molecular weight is 763 g/mol. The molecule has 4 nitrogen and oxygen atoms in total. The van der Waals surface area contributed by atoms with Crippen LogP contribution in [0.2, 0.25) is 0 Å². The molecule has 0 saturated heterocycles. The minimum Gasteiger partial charge on any atom is -0.422 e. The van der Waals surface area contributed by atoms with Gasteiger partial charge in [-0.15, -0.1) is 0 Å². The lowest BCUT2D eigenvalue weighted by atomic mass is 10.0. The summed E-state index contributed by atoms with van der Waals surface area (Å²) in [6, 6.07) is 71.5. The zero-order valence-corrected chi connectivity index (χ0v) is 32.1. The van der Waals surface area contributed by atoms with Crippen molar-refractivity contribution in [2.24, 2.45) is 0 Å². The van der Waals surface area contributed by atoms with Crippen molar-refractivity contribution >= 4 is 59.6 Å². The van der Waals surface area contributed by atoms with E-state index in [0.717, 1.165) is 31.8 Å². The first-order chi connectivity index (χ1) is 27.7. The Morgan fingerprint density at radius 3 is 0.857 bits per heavy atom. The van der Waals surface area contributed by atoms with Crippen LogP contribution in [0.1, 0.15) is 20.7 Å². The number of hydrogen-bond acceptors (Lipinski definition) is 4. The van der Waals surface area contributed by atoms with Crippen LogP contribution in [0.15, 0.2) is 218 Å². The van der Waals surface area contributed by atoms with Gasteiger partial charge < -0.3 is 9.47 Å². The molecule has 0 heterocycles. The van der Waals surface area contributed by atoms with Crippen molar-refractivity contribution in [3.05, 3.63) is 230 Å². The molecule has 270 valence electrons. The fourth-order valence-electron chi connectivity index (χ4n) is 6.71. The summed E-state index contributed by atoms with van der Waals surface area (Å²) in [4.78, 5) is 28.1. The van der Waals surface area contributed by atoms with E-state index in [9.17, 15) is 9.59 Å². The van der Waals surface area contributed by atoms with Gasteiger partial charge in [-0.3, -0.25) is 0 Å². The standard InChI is InChI=1S/C50H36O4P2/c51-49(37-21-7-1-8-22-37)53-43-33-19-35-45(55(39-25-11-3-12-26-39)40-27-13-4-14-28-40)47(43)48-44(54-50(52)38-23-9-2-10-24-38)34-20-36-46(48)56(41-29-15-5-16-30-41)42-31-17-6-18-32-42/h1-36H. The summed E-state index contributed by atoms with van der Waals surface area (Å²) in [6.45, 7) is 0. The minimum absolute atomic E-state index is 0.372. The molecule has 0 aliphatic heterocycles. The van der Waals surface area contributed by atoms with Gasteiger partial charge in [-0.05, 0) is 84.1 Å². The molecule has 6 heteroatoms. The predicted molar refractivity (Wildman–Crippen MR) is 232 cm³/mol. The van der Waals surface area contributed by atoms with Crippen LogP contribution in [0.25, 0.3) is 11.1 Å². The molecular weight excluding hydrogens is 726 g/mol. The van der Waals surface area contributed by atoms with Crippen LogP contribution in [-0.4, -0.2) is 11.9 Å². The first kappa shape index (κ1) is 36.5. The van der Waals surface area contributed by atoms with Gasteiger partial charge in [0.15, 0.2) is 0 Å². The van der Waals surface area contributed by atoms with E-state index in [2.05, 4.69) is 109 Å². The number of ether oxygens (including phenoxy) is 2. The first-order valence-corrected chi connectivity index (χ1v) is 21.0. The van der Waals surface area contributed by atoms with E-state index in [4.69, 9.17) is 9.47 Å². The molecule has 0 aliphatic carbocycles. The lowest BCUT2D eigenvalue weighted by Crippen LogP contribution is -2.27. The Balaban J connectivity index is 1.46. The number of carbonyl (C=O) groups excluding carboxylic acids is 2. The lowest BCUT2D eigenvalue weighted by molar-refractivity contribution is 0.0723. The molecule has 8 aromatic carbocycles. The van der Waals surface area contributed by atoms with E-state index >= 15 is 0 Å². The van der Waals surface area contributed by atoms with Gasteiger partial charge in [0.25, 0.3) is 0 Å². The number of benzene rings is 8. The Kier molecular flexibility index (Phi) is 11.3. The maximum atomic E-state index is 14.0. The third-order valence-corrected chi connectivity index (χ3v) is 14.2. The molecule has 0 fully saturated rings. The number of hydrogen-bond donors (Lipinski definition) is 0. The second-order valence-corrected chi connectivity index (χ2v) is 17.2. The molecular formula is C50H36O4P2. The van der Waals surface area contributed by atoms with Gasteiger partial charge in [0.1, 0.15) is 11.5 Å². The van der Waals surface area contributed by atoms with Crippen molar-refractivity contribution in [1.29, 1.82) is 0 Å². The number of rotatable bonds is 11. The van der Waals surface area contributed by atoms with E-state index in [1.165, 1.54) is 0 Å². The van der Waals surface area contributed by atoms with E-state index in [0.29, 0.717) is 33.8 Å². The molecule has 0 aliphatic rings. The summed E-state index contributed by atoms with van der Waals surface area (Å²) in [5.74, 6) is -0.226. The van der Waals surface area contributed by atoms with Crippen LogP contribution < -0.4 is 41.3 Å². The van der Waals surface area contributed by atoms with Gasteiger partial charge >= 0.3 is 11.9 Å². The van der Waals surface area contributed by atoms with Gasteiger partial charge in [-0.1, -0.05) is 182 Å². The van der Waals surface area contributed by atoms with Gasteiger partial charge in [0.05, 0.1) is 11.1 Å². The highest BCUT2D eigenvalue weighted by atomic mass is 31.1. The molecule has 0 spiro atoms. The maximum absolute atomic E-state index is 14.0. The van der Waals surface area contributed by atoms with E-state index < -0.39 is 27.8 Å². The molecule has 56 heavy (non-hydrogen) atoms. The van der Waals surface area contributed by atoms with Crippen LogP contribution in [0.4, 0.5) is 0 Å². The molecule has 8 rings (SSSR count). The average Bonchev–Trinajstić information content (AvgIpc) is 3.26. The van der Waals surface area contributed by atoms with Crippen molar-refractivity contribution < 1.29 is 19.1 Å². The molecule has 0 bridgehead atoms. The Labute approximate surface area is 329 Å². The highest BCUT2D eigenvalue weighted by Crippen LogP contribution is 2.47. The molecule has 0 amide bonds. The summed E-state index contributed by atoms with van der Waals surface area (Å²) in [6.07, 6.45) is 0. The first-order valence-electron chi connectivity index (χ1n) is 18.3. The second kappa shape index (κ2) is 17.4. The molecule has 0 radical (unpaired) electrons. The SMILES string of the molecule is O=C(Oc1cccc(P(c2ccccc2)c2ccccc2)c1-c1c(OC(=O)c2ccccc2)cccc1P(c1ccccc1)c1ccccc1)c1ccccc1. The fraction of sp³-hybridized carbons (Fsp3) is 0. The quantitative estimate of drug-likeness (QED) is 0.0750. The van der Waals surface area contributed by atoms with Crippen molar-refractivity contribution in [2.75, 3.05) is 0 Å². The van der Waals surface area contributed by atoms with Gasteiger partial charge in [-0.2, -0.15) is 0 Å². The zero-order chi connectivity index (χ0) is 38.1. The lowest BCUT2D eigenvalue weighted by Gasteiger charge is -2.28. The molecule has 8 aromatic rings. The van der Waals surface area contributed by atoms with Crippen molar-refractivity contribution in [3.63, 3.8) is 0 Å². The summed E-state index contributed by atoms with van der Waals surface area (Å²) < 4.78 is 13.0. The van der Waals surface area contributed by atoms with E-state index in [-0.39, 0.29) is 0 Å². The van der Waals surface area contributed by atoms with Crippen LogP contribution in [0.5, 0.6) is 11.5 Å². The third-order valence-electron chi connectivity index (χ3n) is 9.22. The van der Waals surface area contributed by atoms with Gasteiger partial charge in [0.2, 0.25) is 0 Å². The van der Waals surface area contributed by atoms with Crippen molar-refractivity contribution in [3.8, 4) is 22.6 Å². The summed E-state index contributed by atoms with van der Waals surface area (Å²) in [5.41, 5.74) is 2.25. The Bertz CT molecular complexity index is 2290. The predicted octanol–water partition coefficient (Wildman–Crippen LogP) is 9.31. The van der Waals surface area contributed by atoms with Gasteiger partial charge in [-0.25, -0.2) is 9.59 Å². The Morgan fingerprint density at radius 2 is 0.571 bits per heavy atom. The molecule has 0 N–H and O–H groups in total. The topological polar surface area (TPSA) is 52.6 Å². The monoisotopic (exact) mass is 762 g/mol. The number of carbonyl (C=O) groups is 2. The highest BCUT2D eigenvalue weighted by molar-refractivity contribution is 7.80. The minimum atomic E-state index is -1.23. The normalized spacial score (nSPS) is 11.0. The third kappa shape index (κ3) is 7.99. The number of esters is 2. The maximum Gasteiger partial charge on any atom is 0.343 e. The largest absolute Gasteiger partial charge is 0.422 e. The van der Waals surface area contributed by atoms with Crippen LogP contribution in [0.3, 0.4) is 0 Å². The van der Waals surface area contributed by atoms with Gasteiger partial charge in [0, 0.05) is 11.1 Å². The summed E-state index contributed by atoms with van der Waals surface area (Å²) >= 11 is 0. The molecule has 0 aromatic heterocycles. The highest BCUT2D eigenvalue weighted by Gasteiger charge is 2.31. The molecule has 0 saturated carbocycles. The summed E-state index contributed by atoms with van der Waals surface area (Å²) in [7, 11) is -2.45. The van der Waals surface area contributed by atoms with E-state index in [1.807, 2.05) is 84.9 Å². The van der Waals surface area contributed by atoms with E-state index in [1.54, 1.807) is 24.3 Å². The van der Waals surface area contributed by atoms with Crippen LogP contribution >= 0.6 is 15.8 Å². The van der Waals surface area contributed by atoms with Crippen LogP contribution in [0, 0.1) is 0 Å². The fourth-order valence-corrected chi connectivity index (χ4v) is 11.7.